The first-order chi connectivity index (χ1) is 20.1. The topological polar surface area (TPSA) is 137 Å². The molecule has 0 bridgehead atoms. The summed E-state index contributed by atoms with van der Waals surface area (Å²) in [6.07, 6.45) is 10.8. The van der Waals surface area contributed by atoms with E-state index in [2.05, 4.69) is 26.5 Å². The van der Waals surface area contributed by atoms with Gasteiger partial charge in [-0.3, -0.25) is 4.68 Å². The highest BCUT2D eigenvalue weighted by Crippen LogP contribution is 2.37. The third-order valence-corrected chi connectivity index (χ3v) is 7.60. The van der Waals surface area contributed by atoms with Gasteiger partial charge in [0, 0.05) is 23.3 Å². The average molecular weight is 570 g/mol. The van der Waals surface area contributed by atoms with Crippen LogP contribution in [0.5, 0.6) is 0 Å². The second kappa shape index (κ2) is 11.6. The van der Waals surface area contributed by atoms with Gasteiger partial charge in [-0.2, -0.15) is 15.1 Å². The molecule has 0 spiro atoms. The molecule has 1 fully saturated rings. The quantitative estimate of drug-likeness (QED) is 0.300. The van der Waals surface area contributed by atoms with Gasteiger partial charge in [0.15, 0.2) is 11.2 Å². The van der Waals surface area contributed by atoms with Gasteiger partial charge in [0.25, 0.3) is 0 Å². The Morgan fingerprint density at radius 2 is 1.86 bits per heavy atom. The highest BCUT2D eigenvalue weighted by Gasteiger charge is 2.41. The van der Waals surface area contributed by atoms with Gasteiger partial charge in [-0.1, -0.05) is 43.2 Å². The van der Waals surface area contributed by atoms with E-state index in [1.165, 1.54) is 23.9 Å². The minimum absolute atomic E-state index is 0.0160. The summed E-state index contributed by atoms with van der Waals surface area (Å²) in [5.74, 6) is -0.308. The Kier molecular flexibility index (Phi) is 7.98. The van der Waals surface area contributed by atoms with Crippen LogP contribution in [0.2, 0.25) is 0 Å². The largest absolute Gasteiger partial charge is 0.444 e. The molecule has 0 radical (unpaired) electrons. The van der Waals surface area contributed by atoms with E-state index in [-0.39, 0.29) is 6.04 Å². The number of hydrogen-bond donors (Lipinski definition) is 1. The fraction of sp³-hybridized carbons (Fsp3) is 0.419. The number of ether oxygens (including phenoxy) is 1. The fourth-order valence-corrected chi connectivity index (χ4v) is 5.49. The minimum atomic E-state index is -1.56. The minimum Gasteiger partial charge on any atom is -0.444 e. The number of carbonyl (C=O) groups is 2. The van der Waals surface area contributed by atoms with E-state index in [9.17, 15) is 14.9 Å². The Balaban J connectivity index is 1.43. The fourth-order valence-electron chi connectivity index (χ4n) is 5.49. The predicted molar refractivity (Wildman–Crippen MR) is 155 cm³/mol. The molecule has 0 saturated heterocycles. The maximum absolute atomic E-state index is 13.7. The Morgan fingerprint density at radius 3 is 2.55 bits per heavy atom. The molecule has 0 aliphatic heterocycles. The first-order valence-electron chi connectivity index (χ1n) is 14.1. The molecule has 1 aliphatic carbocycles. The van der Waals surface area contributed by atoms with E-state index in [1.807, 2.05) is 16.9 Å². The molecule has 1 aliphatic rings. The zero-order valence-electron chi connectivity index (χ0n) is 24.3. The van der Waals surface area contributed by atoms with E-state index in [0.29, 0.717) is 34.6 Å². The molecule has 42 heavy (non-hydrogen) atoms. The number of carbonyl (C=O) groups excluding carboxylic acids is 2. The lowest BCUT2D eigenvalue weighted by Gasteiger charge is -2.30. The van der Waals surface area contributed by atoms with Crippen molar-refractivity contribution in [3.05, 3.63) is 66.9 Å². The second-order valence-electron chi connectivity index (χ2n) is 11.8. The standard InChI is InChI=1S/C31H35N7O4/c1-30(2,3)41-29(40)36-31(4,23-12-6-5-7-13-23)28(39)42-38-17-15-24-26(33-20-34-27(24)38)22-18-35-37(19-22)25(14-16-32)21-10-8-9-11-21/h5-7,12-13,15,17-21,25H,8-11,14H2,1-4H3,(H,36,40)/t25-,31+/m1/s1. The van der Waals surface area contributed by atoms with Gasteiger partial charge < -0.3 is 14.9 Å². The lowest BCUT2D eigenvalue weighted by Crippen LogP contribution is -2.53. The monoisotopic (exact) mass is 569 g/mol. The summed E-state index contributed by atoms with van der Waals surface area (Å²) in [5, 5.41) is 17.4. The molecule has 1 amide bonds. The number of benzene rings is 1. The number of nitriles is 1. The Labute approximate surface area is 244 Å². The molecule has 3 aromatic heterocycles. The molecule has 1 N–H and O–H groups in total. The molecule has 5 rings (SSSR count). The van der Waals surface area contributed by atoms with Gasteiger partial charge in [-0.15, -0.1) is 0 Å². The first-order valence-corrected chi connectivity index (χ1v) is 14.1. The molecule has 3 heterocycles. The van der Waals surface area contributed by atoms with Crippen LogP contribution in [0.4, 0.5) is 4.79 Å². The summed E-state index contributed by atoms with van der Waals surface area (Å²) < 4.78 is 8.58. The molecular weight excluding hydrogens is 534 g/mol. The van der Waals surface area contributed by atoms with Crippen LogP contribution in [0.1, 0.15) is 71.4 Å². The van der Waals surface area contributed by atoms with Crippen LogP contribution in [0.25, 0.3) is 22.3 Å². The maximum atomic E-state index is 13.7. The Bertz CT molecular complexity index is 1610. The number of nitrogens with one attached hydrogen (secondary N) is 1. The third kappa shape index (κ3) is 5.98. The molecule has 218 valence electrons. The van der Waals surface area contributed by atoms with Gasteiger partial charge in [0.2, 0.25) is 0 Å². The van der Waals surface area contributed by atoms with E-state index >= 15 is 0 Å². The maximum Gasteiger partial charge on any atom is 0.408 e. The van der Waals surface area contributed by atoms with Gasteiger partial charge >= 0.3 is 12.1 Å². The molecule has 11 heteroatoms. The number of nitrogens with zero attached hydrogens (tertiary/aromatic N) is 6. The molecule has 1 saturated carbocycles. The predicted octanol–water partition coefficient (Wildman–Crippen LogP) is 5.34. The van der Waals surface area contributed by atoms with Crippen molar-refractivity contribution < 1.29 is 19.2 Å². The summed E-state index contributed by atoms with van der Waals surface area (Å²) in [7, 11) is 0. The summed E-state index contributed by atoms with van der Waals surface area (Å²) in [5.41, 5.74) is -0.0243. The van der Waals surface area contributed by atoms with Gasteiger partial charge in [0.05, 0.1) is 30.4 Å². The van der Waals surface area contributed by atoms with Crippen LogP contribution in [0.15, 0.2) is 61.3 Å². The summed E-state index contributed by atoms with van der Waals surface area (Å²) in [6.45, 7) is 6.81. The number of hydrogen-bond acceptors (Lipinski definition) is 8. The third-order valence-electron chi connectivity index (χ3n) is 7.60. The van der Waals surface area contributed by atoms with Crippen LogP contribution < -0.4 is 10.2 Å². The highest BCUT2D eigenvalue weighted by atomic mass is 16.7. The SMILES string of the molecule is CC(C)(C)OC(=O)N[C@](C)(C(=O)On1ccc2c(-c3cnn([C@H](CC#N)C4CCCC4)c3)ncnc21)c1ccccc1. The van der Waals surface area contributed by atoms with E-state index in [0.717, 1.165) is 18.4 Å². The van der Waals surface area contributed by atoms with Crippen LogP contribution in [-0.2, 0) is 15.1 Å². The smallest absolute Gasteiger partial charge is 0.408 e. The Morgan fingerprint density at radius 1 is 1.12 bits per heavy atom. The van der Waals surface area contributed by atoms with E-state index in [1.54, 1.807) is 70.4 Å². The molecule has 2 atom stereocenters. The van der Waals surface area contributed by atoms with Crippen molar-refractivity contribution in [1.29, 1.82) is 5.26 Å². The molecule has 11 nitrogen and oxygen atoms in total. The normalized spacial score (nSPS) is 16.0. The lowest BCUT2D eigenvalue weighted by atomic mass is 9.92. The van der Waals surface area contributed by atoms with Crippen molar-refractivity contribution in [1.82, 2.24) is 29.8 Å². The molecule has 4 aromatic rings. The summed E-state index contributed by atoms with van der Waals surface area (Å²) in [4.78, 5) is 41.1. The highest BCUT2D eigenvalue weighted by molar-refractivity contribution is 5.91. The molecule has 0 unspecified atom stereocenters. The van der Waals surface area contributed by atoms with E-state index in [4.69, 9.17) is 9.57 Å². The molecular formula is C31H35N7O4. The Hall–Kier alpha value is -4.72. The summed E-state index contributed by atoms with van der Waals surface area (Å²) in [6, 6.07) is 12.9. The van der Waals surface area contributed by atoms with Crippen molar-refractivity contribution in [2.75, 3.05) is 0 Å². The zero-order valence-corrected chi connectivity index (χ0v) is 24.3. The van der Waals surface area contributed by atoms with Crippen LogP contribution in [0, 0.1) is 17.2 Å². The lowest BCUT2D eigenvalue weighted by molar-refractivity contribution is -0.151. The summed E-state index contributed by atoms with van der Waals surface area (Å²) >= 11 is 0. The number of aromatic nitrogens is 5. The zero-order chi connectivity index (χ0) is 29.9. The van der Waals surface area contributed by atoms with Gasteiger partial charge in [-0.05, 0) is 58.1 Å². The number of rotatable bonds is 8. The van der Waals surface area contributed by atoms with Gasteiger partial charge in [-0.25, -0.2) is 19.6 Å². The van der Waals surface area contributed by atoms with Crippen LogP contribution in [0.3, 0.4) is 0 Å². The molecule has 1 aromatic carbocycles. The van der Waals surface area contributed by atoms with Gasteiger partial charge in [0.1, 0.15) is 11.9 Å². The van der Waals surface area contributed by atoms with Crippen molar-refractivity contribution in [3.8, 4) is 17.3 Å². The van der Waals surface area contributed by atoms with E-state index < -0.39 is 23.2 Å². The van der Waals surface area contributed by atoms with Crippen molar-refractivity contribution in [3.63, 3.8) is 0 Å². The number of fused-ring (bicyclic) bond motifs is 1. The van der Waals surface area contributed by atoms with Crippen molar-refractivity contribution in [2.24, 2.45) is 5.92 Å². The average Bonchev–Trinajstić information content (AvgIpc) is 3.73. The van der Waals surface area contributed by atoms with Crippen LogP contribution in [-0.4, -0.2) is 42.1 Å². The second-order valence-corrected chi connectivity index (χ2v) is 11.8. The number of amides is 1. The van der Waals surface area contributed by atoms with Crippen molar-refractivity contribution >= 4 is 23.1 Å². The van der Waals surface area contributed by atoms with Crippen molar-refractivity contribution in [2.45, 2.75) is 77.0 Å². The first kappa shape index (κ1) is 28.8. The number of alkyl carbamates (subject to hydrolysis) is 1. The van der Waals surface area contributed by atoms with Crippen LogP contribution >= 0.6 is 0 Å².